The molecule has 0 radical (unpaired) electrons. The normalized spacial score (nSPS) is 17.6. The van der Waals surface area contributed by atoms with Crippen LogP contribution in [0.1, 0.15) is 29.7 Å². The summed E-state index contributed by atoms with van der Waals surface area (Å²) in [6.45, 7) is 4.28. The van der Waals surface area contributed by atoms with Gasteiger partial charge in [-0.1, -0.05) is 47.5 Å². The van der Waals surface area contributed by atoms with Gasteiger partial charge >= 0.3 is 0 Å². The molecule has 1 N–H and O–H groups in total. The van der Waals surface area contributed by atoms with Gasteiger partial charge in [-0.15, -0.1) is 0 Å². The molecule has 1 saturated heterocycles. The van der Waals surface area contributed by atoms with Crippen LogP contribution in [0.25, 0.3) is 5.76 Å². The van der Waals surface area contributed by atoms with E-state index in [1.807, 2.05) is 38.1 Å². The molecule has 0 aliphatic carbocycles. The van der Waals surface area contributed by atoms with Crippen LogP contribution in [-0.2, 0) is 9.59 Å². The summed E-state index contributed by atoms with van der Waals surface area (Å²) in [4.78, 5) is 27.8. The van der Waals surface area contributed by atoms with Crippen molar-refractivity contribution in [2.24, 2.45) is 0 Å². The third-order valence-electron chi connectivity index (χ3n) is 5.33. The second-order valence-corrected chi connectivity index (χ2v) is 7.96. The second kappa shape index (κ2) is 8.89. The summed E-state index contributed by atoms with van der Waals surface area (Å²) >= 11 is 5.97. The lowest BCUT2D eigenvalue weighted by Crippen LogP contribution is -2.29. The number of rotatable bonds is 5. The lowest BCUT2D eigenvalue weighted by atomic mass is 9.94. The number of aliphatic hydroxyl groups is 1. The van der Waals surface area contributed by atoms with Crippen molar-refractivity contribution in [3.8, 4) is 5.75 Å². The molecule has 1 aliphatic heterocycles. The molecule has 4 rings (SSSR count). The summed E-state index contributed by atoms with van der Waals surface area (Å²) in [5.74, 6) is -1.10. The summed E-state index contributed by atoms with van der Waals surface area (Å²) in [6.07, 6.45) is 0. The van der Waals surface area contributed by atoms with Gasteiger partial charge in [0.15, 0.2) is 0 Å². The molecule has 32 heavy (non-hydrogen) atoms. The van der Waals surface area contributed by atoms with Gasteiger partial charge in [-0.05, 0) is 55.8 Å². The molecular weight excluding hydrogens is 426 g/mol. The smallest absolute Gasteiger partial charge is 0.300 e. The summed E-state index contributed by atoms with van der Waals surface area (Å²) in [5, 5.41) is 11.6. The van der Waals surface area contributed by atoms with Gasteiger partial charge in [0.05, 0.1) is 18.2 Å². The largest absolute Gasteiger partial charge is 0.507 e. The highest BCUT2D eigenvalue weighted by Crippen LogP contribution is 2.43. The van der Waals surface area contributed by atoms with Crippen molar-refractivity contribution in [1.29, 1.82) is 0 Å². The van der Waals surface area contributed by atoms with Gasteiger partial charge in [-0.25, -0.2) is 0 Å². The number of hydrogen-bond acceptors (Lipinski definition) is 4. The van der Waals surface area contributed by atoms with Crippen LogP contribution in [-0.4, -0.2) is 23.4 Å². The number of carbonyl (C=O) groups excluding carboxylic acids is 2. The number of Topliss-reactive ketones (excluding diaryl/α,β-unsaturated/α-hetero) is 1. The van der Waals surface area contributed by atoms with Crippen molar-refractivity contribution < 1.29 is 19.4 Å². The lowest BCUT2D eigenvalue weighted by molar-refractivity contribution is -0.132. The minimum absolute atomic E-state index is 0.0322. The summed E-state index contributed by atoms with van der Waals surface area (Å²) in [7, 11) is 0. The number of halogens is 1. The zero-order valence-electron chi connectivity index (χ0n) is 17.7. The van der Waals surface area contributed by atoms with Gasteiger partial charge in [-0.3, -0.25) is 14.5 Å². The fraction of sp³-hybridized carbons (Fsp3) is 0.154. The fourth-order valence-electron chi connectivity index (χ4n) is 3.91. The average molecular weight is 448 g/mol. The number of nitrogens with zero attached hydrogens (tertiary/aromatic N) is 1. The maximum Gasteiger partial charge on any atom is 0.300 e. The summed E-state index contributed by atoms with van der Waals surface area (Å²) in [6, 6.07) is 20.3. The lowest BCUT2D eigenvalue weighted by Gasteiger charge is -2.26. The first-order valence-electron chi connectivity index (χ1n) is 10.3. The van der Waals surface area contributed by atoms with Crippen molar-refractivity contribution in [2.45, 2.75) is 19.9 Å². The fourth-order valence-corrected chi connectivity index (χ4v) is 4.03. The molecular formula is C26H22ClNO4. The molecule has 1 amide bonds. The third-order valence-corrected chi connectivity index (χ3v) is 5.58. The summed E-state index contributed by atoms with van der Waals surface area (Å²) < 4.78 is 5.59. The van der Waals surface area contributed by atoms with E-state index in [4.69, 9.17) is 16.3 Å². The molecule has 1 atom stereocenters. The van der Waals surface area contributed by atoms with E-state index in [-0.39, 0.29) is 11.3 Å². The molecule has 0 bridgehead atoms. The molecule has 1 unspecified atom stereocenters. The Bertz CT molecular complexity index is 1220. The monoisotopic (exact) mass is 447 g/mol. The molecule has 0 aromatic heterocycles. The number of ketones is 1. The van der Waals surface area contributed by atoms with E-state index in [1.54, 1.807) is 48.5 Å². The van der Waals surface area contributed by atoms with E-state index in [2.05, 4.69) is 0 Å². The van der Waals surface area contributed by atoms with Gasteiger partial charge in [-0.2, -0.15) is 0 Å². The Morgan fingerprint density at radius 2 is 1.75 bits per heavy atom. The molecule has 3 aromatic rings. The van der Waals surface area contributed by atoms with Crippen LogP contribution >= 0.6 is 11.6 Å². The Morgan fingerprint density at radius 3 is 2.44 bits per heavy atom. The summed E-state index contributed by atoms with van der Waals surface area (Å²) in [5.41, 5.74) is 2.65. The predicted octanol–water partition coefficient (Wildman–Crippen LogP) is 5.67. The number of carbonyl (C=O) groups is 2. The van der Waals surface area contributed by atoms with Crippen LogP contribution in [0.5, 0.6) is 5.75 Å². The zero-order valence-corrected chi connectivity index (χ0v) is 18.5. The molecule has 6 heteroatoms. The SMILES string of the molecule is CCOc1cccc(N2C(=O)C(=O)/C(=C(/O)c3ccc(Cl)cc3)C2c2cccc(C)c2)c1. The van der Waals surface area contributed by atoms with Gasteiger partial charge in [0.1, 0.15) is 11.5 Å². The van der Waals surface area contributed by atoms with Gasteiger partial charge in [0.25, 0.3) is 11.7 Å². The van der Waals surface area contributed by atoms with Crippen molar-refractivity contribution in [2.75, 3.05) is 11.5 Å². The van der Waals surface area contributed by atoms with E-state index in [9.17, 15) is 14.7 Å². The predicted molar refractivity (Wildman–Crippen MR) is 125 cm³/mol. The maximum atomic E-state index is 13.2. The molecule has 162 valence electrons. The van der Waals surface area contributed by atoms with Crippen molar-refractivity contribution in [1.82, 2.24) is 0 Å². The Kier molecular flexibility index (Phi) is 6.01. The Balaban J connectivity index is 1.93. The molecule has 1 heterocycles. The molecule has 3 aromatic carbocycles. The highest BCUT2D eigenvalue weighted by molar-refractivity contribution is 6.51. The molecule has 0 saturated carbocycles. The molecule has 1 fully saturated rings. The van der Waals surface area contributed by atoms with E-state index in [0.717, 1.165) is 11.1 Å². The first kappa shape index (κ1) is 21.7. The number of ether oxygens (including phenoxy) is 1. The van der Waals surface area contributed by atoms with Crippen LogP contribution in [0.3, 0.4) is 0 Å². The zero-order chi connectivity index (χ0) is 22.8. The topological polar surface area (TPSA) is 66.8 Å². The van der Waals surface area contributed by atoms with E-state index < -0.39 is 17.7 Å². The maximum absolute atomic E-state index is 13.2. The van der Waals surface area contributed by atoms with Gasteiger partial charge in [0, 0.05) is 22.3 Å². The third kappa shape index (κ3) is 3.99. The number of hydrogen-bond donors (Lipinski definition) is 1. The Labute approximate surface area is 191 Å². The standard InChI is InChI=1S/C26H22ClNO4/c1-3-32-21-9-5-8-20(15-21)28-23(18-7-4-6-16(2)14-18)22(25(30)26(28)31)24(29)17-10-12-19(27)13-11-17/h4-15,23,29H,3H2,1-2H3/b24-22+. The number of benzene rings is 3. The number of aliphatic hydroxyl groups excluding tert-OH is 1. The van der Waals surface area contributed by atoms with Crippen LogP contribution in [0, 0.1) is 6.92 Å². The van der Waals surface area contributed by atoms with Crippen molar-refractivity contribution >= 4 is 34.7 Å². The van der Waals surface area contributed by atoms with Crippen LogP contribution in [0.4, 0.5) is 5.69 Å². The molecule has 0 spiro atoms. The first-order chi connectivity index (χ1) is 15.4. The Morgan fingerprint density at radius 1 is 1.03 bits per heavy atom. The highest BCUT2D eigenvalue weighted by atomic mass is 35.5. The van der Waals surface area contributed by atoms with Crippen molar-refractivity contribution in [3.63, 3.8) is 0 Å². The number of amides is 1. The molecule has 1 aliphatic rings. The van der Waals surface area contributed by atoms with Crippen LogP contribution in [0.2, 0.25) is 5.02 Å². The number of aryl methyl sites for hydroxylation is 1. The molecule has 5 nitrogen and oxygen atoms in total. The quantitative estimate of drug-likeness (QED) is 0.310. The van der Waals surface area contributed by atoms with Gasteiger partial charge in [0.2, 0.25) is 0 Å². The van der Waals surface area contributed by atoms with Gasteiger partial charge < -0.3 is 9.84 Å². The van der Waals surface area contributed by atoms with Crippen molar-refractivity contribution in [3.05, 3.63) is 100 Å². The first-order valence-corrected chi connectivity index (χ1v) is 10.6. The minimum atomic E-state index is -0.789. The number of anilines is 1. The average Bonchev–Trinajstić information content (AvgIpc) is 3.05. The van der Waals surface area contributed by atoms with Crippen LogP contribution < -0.4 is 9.64 Å². The minimum Gasteiger partial charge on any atom is -0.507 e. The highest BCUT2D eigenvalue weighted by Gasteiger charge is 2.47. The van der Waals surface area contributed by atoms with E-state index >= 15 is 0 Å². The second-order valence-electron chi connectivity index (χ2n) is 7.52. The van der Waals surface area contributed by atoms with E-state index in [0.29, 0.717) is 28.6 Å². The Hall–Kier alpha value is -3.57. The van der Waals surface area contributed by atoms with E-state index in [1.165, 1.54) is 4.90 Å². The van der Waals surface area contributed by atoms with Crippen LogP contribution in [0.15, 0.2) is 78.4 Å².